The van der Waals surface area contributed by atoms with Gasteiger partial charge in [-0.05, 0) is 17.5 Å². The number of hydrogen-bond donors (Lipinski definition) is 1. The number of hydrogen-bond acceptors (Lipinski definition) is 6. The standard InChI is InChI=1S/C8H7N.C4H4N2.C3H3NO.C3H3NS/c1-2-4-8-7(3-1)5-6-9-8;1-2-6-4-3-5-1;2*1-2-5-3-4-1/h1-6,9H;1-4H;2*1-3H. The van der Waals surface area contributed by atoms with E-state index in [-0.39, 0.29) is 0 Å². The molecule has 0 aliphatic carbocycles. The Kier molecular flexibility index (Phi) is 8.76. The molecule has 0 saturated heterocycles. The molecule has 0 atom stereocenters. The molecule has 0 fully saturated rings. The van der Waals surface area contributed by atoms with Gasteiger partial charge in [-0.2, -0.15) is 0 Å². The zero-order valence-electron chi connectivity index (χ0n) is 13.3. The fourth-order valence-electron chi connectivity index (χ4n) is 1.60. The van der Waals surface area contributed by atoms with Crippen LogP contribution in [-0.4, -0.2) is 24.9 Å². The Balaban J connectivity index is 0.000000125. The maximum absolute atomic E-state index is 4.47. The van der Waals surface area contributed by atoms with Crippen LogP contribution in [0.3, 0.4) is 0 Å². The highest BCUT2D eigenvalue weighted by atomic mass is 32.1. The van der Waals surface area contributed by atoms with Crippen molar-refractivity contribution >= 4 is 22.2 Å². The zero-order chi connectivity index (χ0) is 17.4. The maximum atomic E-state index is 4.47. The molecule has 6 nitrogen and oxygen atoms in total. The van der Waals surface area contributed by atoms with E-state index >= 15 is 0 Å². The smallest absolute Gasteiger partial charge is 0.180 e. The summed E-state index contributed by atoms with van der Waals surface area (Å²) in [5.74, 6) is 0. The molecule has 1 aromatic carbocycles. The fraction of sp³-hybridized carbons (Fsp3) is 0. The van der Waals surface area contributed by atoms with E-state index < -0.39 is 0 Å². The van der Waals surface area contributed by atoms with Crippen LogP contribution in [0.2, 0.25) is 0 Å². The molecule has 7 heteroatoms. The number of benzene rings is 1. The molecule has 0 aliphatic rings. The van der Waals surface area contributed by atoms with E-state index in [9.17, 15) is 0 Å². The Bertz CT molecular complexity index is 743. The van der Waals surface area contributed by atoms with Crippen molar-refractivity contribution in [1.29, 1.82) is 0 Å². The summed E-state index contributed by atoms with van der Waals surface area (Å²) in [6, 6.07) is 10.3. The van der Waals surface area contributed by atoms with Crippen LogP contribution in [0.4, 0.5) is 0 Å². The largest absolute Gasteiger partial charge is 0.452 e. The molecular weight excluding hydrogens is 334 g/mol. The number of aromatic amines is 1. The highest BCUT2D eigenvalue weighted by molar-refractivity contribution is 7.07. The minimum Gasteiger partial charge on any atom is -0.452 e. The number of oxazole rings is 1. The second kappa shape index (κ2) is 12.1. The zero-order valence-corrected chi connectivity index (χ0v) is 14.2. The Morgan fingerprint density at radius 2 is 1.60 bits per heavy atom. The molecule has 4 aromatic heterocycles. The van der Waals surface area contributed by atoms with Gasteiger partial charge in [0.05, 0.1) is 11.7 Å². The molecule has 25 heavy (non-hydrogen) atoms. The summed E-state index contributed by atoms with van der Waals surface area (Å²) in [5, 5.41) is 3.21. The van der Waals surface area contributed by atoms with Crippen LogP contribution >= 0.6 is 11.3 Å². The number of nitrogens with one attached hydrogen (secondary N) is 1. The fourth-order valence-corrected chi connectivity index (χ4v) is 1.95. The van der Waals surface area contributed by atoms with Gasteiger partial charge in [-0.3, -0.25) is 15.0 Å². The molecule has 1 N–H and O–H groups in total. The minimum atomic E-state index is 1.21. The highest BCUT2D eigenvalue weighted by Gasteiger charge is 1.86. The Morgan fingerprint density at radius 3 is 2.04 bits per heavy atom. The van der Waals surface area contributed by atoms with Crippen LogP contribution in [0, 0.1) is 0 Å². The summed E-state index contributed by atoms with van der Waals surface area (Å²) >= 11 is 1.60. The van der Waals surface area contributed by atoms with E-state index in [4.69, 9.17) is 0 Å². The van der Waals surface area contributed by atoms with Crippen LogP contribution in [0.1, 0.15) is 0 Å². The van der Waals surface area contributed by atoms with Gasteiger partial charge < -0.3 is 9.40 Å². The van der Waals surface area contributed by atoms with Crippen molar-refractivity contribution in [3.05, 3.63) is 97.3 Å². The van der Waals surface area contributed by atoms with E-state index in [1.807, 2.05) is 23.7 Å². The summed E-state index contributed by atoms with van der Waals surface area (Å²) in [6.07, 6.45) is 14.7. The predicted molar refractivity (Wildman–Crippen MR) is 98.9 cm³/mol. The molecule has 4 heterocycles. The van der Waals surface area contributed by atoms with Gasteiger partial charge in [0.1, 0.15) is 6.26 Å². The Morgan fingerprint density at radius 1 is 0.800 bits per heavy atom. The van der Waals surface area contributed by atoms with Gasteiger partial charge in [-0.15, -0.1) is 11.3 Å². The van der Waals surface area contributed by atoms with E-state index in [0.29, 0.717) is 0 Å². The molecule has 0 saturated carbocycles. The van der Waals surface area contributed by atoms with Crippen molar-refractivity contribution in [3.63, 3.8) is 0 Å². The van der Waals surface area contributed by atoms with Gasteiger partial charge >= 0.3 is 0 Å². The lowest BCUT2D eigenvalue weighted by atomic mass is 10.3. The van der Waals surface area contributed by atoms with Crippen LogP contribution in [-0.2, 0) is 0 Å². The number of aromatic nitrogens is 5. The monoisotopic (exact) mass is 351 g/mol. The van der Waals surface area contributed by atoms with Crippen molar-refractivity contribution < 1.29 is 4.42 Å². The molecule has 0 spiro atoms. The second-order valence-corrected chi connectivity index (χ2v) is 5.07. The third kappa shape index (κ3) is 8.19. The number of para-hydroxylation sites is 1. The van der Waals surface area contributed by atoms with E-state index in [2.05, 4.69) is 47.5 Å². The molecule has 5 rings (SSSR count). The summed E-state index contributed by atoms with van der Waals surface area (Å²) in [5.41, 5.74) is 3.00. The lowest BCUT2D eigenvalue weighted by Crippen LogP contribution is -1.66. The van der Waals surface area contributed by atoms with Gasteiger partial charge in [-0.1, -0.05) is 18.2 Å². The summed E-state index contributed by atoms with van der Waals surface area (Å²) in [4.78, 5) is 17.9. The molecule has 0 bridgehead atoms. The normalized spacial score (nSPS) is 8.80. The summed E-state index contributed by atoms with van der Waals surface area (Å²) < 4.78 is 4.47. The first-order valence-corrected chi connectivity index (χ1v) is 8.27. The lowest BCUT2D eigenvalue weighted by molar-refractivity contribution is 0.558. The van der Waals surface area contributed by atoms with Crippen LogP contribution in [0.15, 0.2) is 102 Å². The van der Waals surface area contributed by atoms with Gasteiger partial charge in [0.25, 0.3) is 0 Å². The topological polar surface area (TPSA) is 80.5 Å². The number of H-pyrrole nitrogens is 1. The first kappa shape index (κ1) is 18.0. The first-order chi connectivity index (χ1) is 12.5. The van der Waals surface area contributed by atoms with Crippen LogP contribution < -0.4 is 0 Å². The Hall–Kier alpha value is -3.32. The van der Waals surface area contributed by atoms with Crippen molar-refractivity contribution in [2.45, 2.75) is 0 Å². The molecule has 0 amide bonds. The van der Waals surface area contributed by atoms with Crippen molar-refractivity contribution in [2.75, 3.05) is 0 Å². The summed E-state index contributed by atoms with van der Waals surface area (Å²) in [7, 11) is 0. The average Bonchev–Trinajstić information content (AvgIpc) is 3.49. The quantitative estimate of drug-likeness (QED) is 0.445. The maximum Gasteiger partial charge on any atom is 0.180 e. The van der Waals surface area contributed by atoms with Crippen molar-refractivity contribution in [3.8, 4) is 0 Å². The molecule has 0 radical (unpaired) electrons. The van der Waals surface area contributed by atoms with E-state index in [1.54, 1.807) is 54.0 Å². The number of rotatable bonds is 0. The predicted octanol–water partition coefficient (Wildman–Crippen LogP) is 4.46. The molecule has 5 aromatic rings. The molecule has 0 aliphatic heterocycles. The summed E-state index contributed by atoms with van der Waals surface area (Å²) in [6.45, 7) is 0. The first-order valence-electron chi connectivity index (χ1n) is 7.33. The van der Waals surface area contributed by atoms with Crippen LogP contribution in [0.5, 0.6) is 0 Å². The second-order valence-electron chi connectivity index (χ2n) is 4.31. The highest BCUT2D eigenvalue weighted by Crippen LogP contribution is 2.09. The Labute approximate surface area is 149 Å². The van der Waals surface area contributed by atoms with Gasteiger partial charge in [0, 0.05) is 48.1 Å². The molecule has 0 unspecified atom stereocenters. The van der Waals surface area contributed by atoms with Gasteiger partial charge in [0.2, 0.25) is 0 Å². The average molecular weight is 351 g/mol. The third-order valence-electron chi connectivity index (χ3n) is 2.63. The van der Waals surface area contributed by atoms with Crippen molar-refractivity contribution in [1.82, 2.24) is 24.9 Å². The van der Waals surface area contributed by atoms with Crippen molar-refractivity contribution in [2.24, 2.45) is 0 Å². The number of nitrogens with zero attached hydrogens (tertiary/aromatic N) is 4. The van der Waals surface area contributed by atoms with Gasteiger partial charge in [-0.25, -0.2) is 4.98 Å². The lowest BCUT2D eigenvalue weighted by Gasteiger charge is -1.83. The van der Waals surface area contributed by atoms with Crippen LogP contribution in [0.25, 0.3) is 10.9 Å². The molecular formula is C18H17N5OS. The third-order valence-corrected chi connectivity index (χ3v) is 3.16. The number of fused-ring (bicyclic) bond motifs is 1. The van der Waals surface area contributed by atoms with E-state index in [1.165, 1.54) is 23.6 Å². The van der Waals surface area contributed by atoms with Gasteiger partial charge in [0.15, 0.2) is 6.39 Å². The number of thiazole rings is 1. The minimum absolute atomic E-state index is 1.21. The van der Waals surface area contributed by atoms with E-state index in [0.717, 1.165) is 0 Å². The molecule has 126 valence electrons. The SMILES string of the molecule is c1ccc2[nH]ccc2c1.c1cnccn1.c1cocn1.c1cscn1.